The number of likely N-dealkylation sites (N-methyl/N-ethyl adjacent to an activating group) is 1. The largest absolute Gasteiger partial charge is 0.338 e. The summed E-state index contributed by atoms with van der Waals surface area (Å²) in [6.45, 7) is 0.275. The van der Waals surface area contributed by atoms with Crippen molar-refractivity contribution in [2.75, 3.05) is 16.8 Å². The predicted octanol–water partition coefficient (Wildman–Crippen LogP) is 3.89. The minimum Gasteiger partial charge on any atom is -0.338 e. The molecule has 3 amide bonds. The molecule has 1 unspecified atom stereocenters. The van der Waals surface area contributed by atoms with Gasteiger partial charge in [0, 0.05) is 24.2 Å². The van der Waals surface area contributed by atoms with Crippen molar-refractivity contribution < 1.29 is 14.3 Å². The Labute approximate surface area is 170 Å². The van der Waals surface area contributed by atoms with Crippen molar-refractivity contribution in [2.45, 2.75) is 50.5 Å². The van der Waals surface area contributed by atoms with Gasteiger partial charge in [-0.2, -0.15) is 0 Å². The molecule has 5 rings (SSSR count). The van der Waals surface area contributed by atoms with E-state index >= 15 is 0 Å². The average molecular weight is 391 g/mol. The van der Waals surface area contributed by atoms with E-state index in [0.717, 1.165) is 42.6 Å². The van der Waals surface area contributed by atoms with Crippen LogP contribution in [0.25, 0.3) is 0 Å². The Morgan fingerprint density at radius 2 is 1.72 bits per heavy atom. The molecule has 2 heterocycles. The number of benzene rings is 2. The SMILES string of the molecule is CN1C(=O)C2(OCc3ccccc3N2C(=O)NC2CCCCC2)c2ccccc21. The standard InChI is InChI=1S/C23H25N3O3/c1-25-20-14-8-6-12-18(20)23(21(25)27)26(19-13-7-5-9-16(19)15-29-23)22(28)24-17-10-3-2-4-11-17/h5-9,12-14,17H,2-4,10-11,15H2,1H3,(H,24,28). The molecular weight excluding hydrogens is 366 g/mol. The summed E-state index contributed by atoms with van der Waals surface area (Å²) in [4.78, 5) is 30.3. The third-order valence-corrected chi connectivity index (χ3v) is 6.34. The number of urea groups is 1. The Bertz CT molecular complexity index is 969. The molecule has 0 bridgehead atoms. The van der Waals surface area contributed by atoms with Crippen molar-refractivity contribution in [1.82, 2.24) is 5.32 Å². The lowest BCUT2D eigenvalue weighted by atomic mass is 9.95. The highest BCUT2D eigenvalue weighted by Crippen LogP contribution is 2.49. The molecule has 1 saturated carbocycles. The topological polar surface area (TPSA) is 61.9 Å². The molecule has 1 atom stereocenters. The monoisotopic (exact) mass is 391 g/mol. The number of para-hydroxylation sites is 2. The minimum absolute atomic E-state index is 0.131. The van der Waals surface area contributed by atoms with E-state index < -0.39 is 5.72 Å². The Morgan fingerprint density at radius 3 is 2.52 bits per heavy atom. The number of nitrogens with zero attached hydrogens (tertiary/aromatic N) is 2. The fourth-order valence-electron chi connectivity index (χ4n) is 4.87. The van der Waals surface area contributed by atoms with Gasteiger partial charge in [0.1, 0.15) is 0 Å². The van der Waals surface area contributed by atoms with E-state index in [1.54, 1.807) is 16.8 Å². The third kappa shape index (κ3) is 2.66. The molecule has 1 aliphatic carbocycles. The zero-order valence-electron chi connectivity index (χ0n) is 16.6. The Kier molecular flexibility index (Phi) is 4.32. The first-order valence-electron chi connectivity index (χ1n) is 10.3. The van der Waals surface area contributed by atoms with E-state index in [9.17, 15) is 9.59 Å². The van der Waals surface area contributed by atoms with Gasteiger partial charge in [-0.1, -0.05) is 55.7 Å². The number of nitrogens with one attached hydrogen (secondary N) is 1. The van der Waals surface area contributed by atoms with E-state index in [1.165, 1.54) is 6.42 Å². The first-order chi connectivity index (χ1) is 14.1. The number of amides is 3. The zero-order chi connectivity index (χ0) is 20.0. The molecule has 0 saturated heterocycles. The second-order valence-corrected chi connectivity index (χ2v) is 8.06. The molecule has 0 radical (unpaired) electrons. The van der Waals surface area contributed by atoms with Crippen LogP contribution in [0.2, 0.25) is 0 Å². The summed E-state index contributed by atoms with van der Waals surface area (Å²) < 4.78 is 6.26. The van der Waals surface area contributed by atoms with Crippen LogP contribution in [0.1, 0.15) is 43.2 Å². The van der Waals surface area contributed by atoms with Gasteiger partial charge < -0.3 is 15.0 Å². The number of carbonyl (C=O) groups excluding carboxylic acids is 2. The van der Waals surface area contributed by atoms with Crippen molar-refractivity contribution in [3.8, 4) is 0 Å². The summed E-state index contributed by atoms with van der Waals surface area (Å²) in [5.41, 5.74) is 1.63. The maximum Gasteiger partial charge on any atom is 0.325 e. The van der Waals surface area contributed by atoms with Crippen molar-refractivity contribution >= 4 is 23.3 Å². The number of fused-ring (bicyclic) bond motifs is 3. The molecule has 2 aliphatic heterocycles. The zero-order valence-corrected chi connectivity index (χ0v) is 16.6. The number of carbonyl (C=O) groups is 2. The van der Waals surface area contributed by atoms with Gasteiger partial charge in [-0.25, -0.2) is 4.79 Å². The second kappa shape index (κ2) is 6.88. The lowest BCUT2D eigenvalue weighted by Crippen LogP contribution is -2.62. The molecular formula is C23H25N3O3. The lowest BCUT2D eigenvalue weighted by molar-refractivity contribution is -0.146. The van der Waals surface area contributed by atoms with Crippen LogP contribution in [0.3, 0.4) is 0 Å². The number of rotatable bonds is 1. The van der Waals surface area contributed by atoms with Gasteiger partial charge in [-0.3, -0.25) is 9.69 Å². The molecule has 0 aromatic heterocycles. The fourth-order valence-corrected chi connectivity index (χ4v) is 4.87. The first kappa shape index (κ1) is 18.2. The summed E-state index contributed by atoms with van der Waals surface area (Å²) >= 11 is 0. The molecule has 150 valence electrons. The molecule has 2 aromatic rings. The summed E-state index contributed by atoms with van der Waals surface area (Å²) in [5, 5.41) is 3.18. The van der Waals surface area contributed by atoms with E-state index in [2.05, 4.69) is 5.32 Å². The normalized spacial score (nSPS) is 23.8. The number of ether oxygens (including phenoxy) is 1. The molecule has 29 heavy (non-hydrogen) atoms. The van der Waals surface area contributed by atoms with Crippen molar-refractivity contribution in [2.24, 2.45) is 0 Å². The minimum atomic E-state index is -1.47. The average Bonchev–Trinajstić information content (AvgIpc) is 2.97. The molecule has 2 aromatic carbocycles. The maximum absolute atomic E-state index is 13.6. The van der Waals surface area contributed by atoms with Crippen LogP contribution >= 0.6 is 0 Å². The Hall–Kier alpha value is -2.86. The van der Waals surface area contributed by atoms with Crippen molar-refractivity contribution in [3.05, 3.63) is 59.7 Å². The van der Waals surface area contributed by atoms with Gasteiger partial charge in [0.05, 0.1) is 18.0 Å². The molecule has 6 heteroatoms. The number of anilines is 2. The van der Waals surface area contributed by atoms with Gasteiger partial charge in [0.2, 0.25) is 0 Å². The van der Waals surface area contributed by atoms with Crippen LogP contribution in [0, 0.1) is 0 Å². The highest BCUT2D eigenvalue weighted by molar-refractivity contribution is 6.13. The maximum atomic E-state index is 13.6. The molecule has 1 fully saturated rings. The first-order valence-corrected chi connectivity index (χ1v) is 10.3. The Balaban J connectivity index is 1.63. The highest BCUT2D eigenvalue weighted by Gasteiger charge is 2.59. The van der Waals surface area contributed by atoms with E-state index in [1.807, 2.05) is 48.5 Å². The number of hydrogen-bond acceptors (Lipinski definition) is 3. The summed E-state index contributed by atoms with van der Waals surface area (Å²) in [7, 11) is 1.73. The summed E-state index contributed by atoms with van der Waals surface area (Å²) in [6.07, 6.45) is 5.39. The second-order valence-electron chi connectivity index (χ2n) is 8.06. The molecule has 1 N–H and O–H groups in total. The van der Waals surface area contributed by atoms with Gasteiger partial charge in [0.15, 0.2) is 0 Å². The van der Waals surface area contributed by atoms with Crippen molar-refractivity contribution in [3.63, 3.8) is 0 Å². The predicted molar refractivity (Wildman–Crippen MR) is 111 cm³/mol. The molecule has 3 aliphatic rings. The van der Waals surface area contributed by atoms with Crippen LogP contribution in [-0.4, -0.2) is 25.0 Å². The van der Waals surface area contributed by atoms with E-state index in [4.69, 9.17) is 4.74 Å². The van der Waals surface area contributed by atoms with Crippen LogP contribution in [-0.2, 0) is 21.9 Å². The molecule has 6 nitrogen and oxygen atoms in total. The molecule has 1 spiro atoms. The Morgan fingerprint density at radius 1 is 1.03 bits per heavy atom. The van der Waals surface area contributed by atoms with E-state index in [0.29, 0.717) is 5.56 Å². The third-order valence-electron chi connectivity index (χ3n) is 6.34. The quantitative estimate of drug-likeness (QED) is 0.802. The highest BCUT2D eigenvalue weighted by atomic mass is 16.5. The van der Waals surface area contributed by atoms with Gasteiger partial charge in [-0.05, 0) is 25.0 Å². The van der Waals surface area contributed by atoms with Crippen molar-refractivity contribution in [1.29, 1.82) is 0 Å². The number of hydrogen-bond donors (Lipinski definition) is 1. The fraction of sp³-hybridized carbons (Fsp3) is 0.391. The smallest absolute Gasteiger partial charge is 0.325 e. The van der Waals surface area contributed by atoms with Crippen LogP contribution in [0.4, 0.5) is 16.2 Å². The van der Waals surface area contributed by atoms with Crippen LogP contribution < -0.4 is 15.1 Å². The van der Waals surface area contributed by atoms with Gasteiger partial charge in [0.25, 0.3) is 11.6 Å². The van der Waals surface area contributed by atoms with Gasteiger partial charge >= 0.3 is 6.03 Å². The van der Waals surface area contributed by atoms with Crippen LogP contribution in [0.15, 0.2) is 48.5 Å². The lowest BCUT2D eigenvalue weighted by Gasteiger charge is -2.44. The summed E-state index contributed by atoms with van der Waals surface area (Å²) in [5.74, 6) is -0.244. The van der Waals surface area contributed by atoms with Gasteiger partial charge in [-0.15, -0.1) is 0 Å². The van der Waals surface area contributed by atoms with Crippen LogP contribution in [0.5, 0.6) is 0 Å². The van der Waals surface area contributed by atoms with E-state index in [-0.39, 0.29) is 24.6 Å². The summed E-state index contributed by atoms with van der Waals surface area (Å²) in [6, 6.07) is 15.1.